The first-order valence-corrected chi connectivity index (χ1v) is 4.05. The van der Waals surface area contributed by atoms with Crippen LogP contribution in [0, 0.1) is 0 Å². The van der Waals surface area contributed by atoms with Gasteiger partial charge in [-0.25, -0.2) is 0 Å². The molecule has 0 unspecified atom stereocenters. The number of carbonyl (C=O) groups excluding carboxylic acids is 1. The Balaban J connectivity index is 0.000000561. The Kier molecular flexibility index (Phi) is 5.88. The Morgan fingerprint density at radius 3 is 1.92 bits per heavy atom. The highest BCUT2D eigenvalue weighted by molar-refractivity contribution is 7.81. The van der Waals surface area contributed by atoms with Gasteiger partial charge >= 0.3 is 0 Å². The van der Waals surface area contributed by atoms with Crippen LogP contribution >= 0.6 is 25.3 Å². The summed E-state index contributed by atoms with van der Waals surface area (Å²) in [4.78, 5) is 11.8. The van der Waals surface area contributed by atoms with Crippen LogP contribution in [-0.4, -0.2) is 18.5 Å². The third-order valence-electron chi connectivity index (χ3n) is 1.06. The number of hydrogen-bond acceptors (Lipinski definition) is 4. The predicted octanol–water partition coefficient (Wildman–Crippen LogP) is 1.68. The van der Waals surface area contributed by atoms with E-state index in [2.05, 4.69) is 25.3 Å². The molecule has 0 saturated carbocycles. The van der Waals surface area contributed by atoms with E-state index >= 15 is 0 Å². The fraction of sp³-hybridized carbons (Fsp3) is 0.125. The van der Waals surface area contributed by atoms with Gasteiger partial charge in [-0.2, -0.15) is 0 Å². The van der Waals surface area contributed by atoms with Gasteiger partial charge in [0, 0.05) is 22.5 Å². The molecule has 0 aliphatic heterocycles. The van der Waals surface area contributed by atoms with Crippen LogP contribution in [0.5, 0.6) is 0 Å². The standard InChI is InChI=1S/C7H6OS2.CH4O/c8-4-5-1-6(9)3-7(10)2-5;1-2/h1-4,9-10H;2H,1H3. The van der Waals surface area contributed by atoms with Crippen molar-refractivity contribution in [1.82, 2.24) is 0 Å². The molecule has 0 bridgehead atoms. The minimum Gasteiger partial charge on any atom is -0.400 e. The molecule has 0 aromatic heterocycles. The largest absolute Gasteiger partial charge is 0.400 e. The van der Waals surface area contributed by atoms with Crippen molar-refractivity contribution in [3.8, 4) is 0 Å². The smallest absolute Gasteiger partial charge is 0.150 e. The number of hydrogen-bond donors (Lipinski definition) is 3. The molecule has 0 radical (unpaired) electrons. The van der Waals surface area contributed by atoms with E-state index in [9.17, 15) is 4.79 Å². The molecule has 2 nitrogen and oxygen atoms in total. The highest BCUT2D eigenvalue weighted by Crippen LogP contribution is 2.14. The number of carbonyl (C=O) groups is 1. The van der Waals surface area contributed by atoms with Crippen LogP contribution in [-0.2, 0) is 0 Å². The Morgan fingerprint density at radius 1 is 1.17 bits per heavy atom. The number of aliphatic hydroxyl groups is 1. The molecule has 1 aromatic rings. The van der Waals surface area contributed by atoms with Crippen LogP contribution in [0.25, 0.3) is 0 Å². The zero-order valence-electron chi connectivity index (χ0n) is 6.56. The van der Waals surface area contributed by atoms with Gasteiger partial charge in [-0.05, 0) is 18.2 Å². The SMILES string of the molecule is CO.O=Cc1cc(S)cc(S)c1. The molecule has 0 fully saturated rings. The highest BCUT2D eigenvalue weighted by atomic mass is 32.1. The van der Waals surface area contributed by atoms with Gasteiger partial charge < -0.3 is 5.11 Å². The summed E-state index contributed by atoms with van der Waals surface area (Å²) in [7, 11) is 1.00. The highest BCUT2D eigenvalue weighted by Gasteiger charge is 1.92. The van der Waals surface area contributed by atoms with Gasteiger partial charge in [0.2, 0.25) is 0 Å². The summed E-state index contributed by atoms with van der Waals surface area (Å²) in [5.74, 6) is 0. The summed E-state index contributed by atoms with van der Waals surface area (Å²) in [6.07, 6.45) is 0.777. The molecule has 0 saturated heterocycles. The van der Waals surface area contributed by atoms with Crippen LogP contribution in [0.4, 0.5) is 0 Å². The van der Waals surface area contributed by atoms with E-state index in [0.717, 1.165) is 23.2 Å². The van der Waals surface area contributed by atoms with E-state index in [1.165, 1.54) is 0 Å². The Bertz CT molecular complexity index is 241. The Morgan fingerprint density at radius 2 is 1.58 bits per heavy atom. The van der Waals surface area contributed by atoms with Crippen LogP contribution in [0.15, 0.2) is 28.0 Å². The van der Waals surface area contributed by atoms with E-state index in [1.807, 2.05) is 0 Å². The lowest BCUT2D eigenvalue weighted by atomic mass is 10.2. The summed E-state index contributed by atoms with van der Waals surface area (Å²) in [6.45, 7) is 0. The quantitative estimate of drug-likeness (QED) is 0.479. The fourth-order valence-corrected chi connectivity index (χ4v) is 1.36. The van der Waals surface area contributed by atoms with Crippen molar-refractivity contribution in [2.24, 2.45) is 0 Å². The van der Waals surface area contributed by atoms with Crippen molar-refractivity contribution in [1.29, 1.82) is 0 Å². The molecule has 4 heteroatoms. The number of aliphatic hydroxyl groups excluding tert-OH is 1. The molecule has 0 aliphatic rings. The second kappa shape index (κ2) is 6.11. The van der Waals surface area contributed by atoms with Crippen LogP contribution in [0.3, 0.4) is 0 Å². The maximum Gasteiger partial charge on any atom is 0.150 e. The Hall–Kier alpha value is -0.450. The number of rotatable bonds is 1. The summed E-state index contributed by atoms with van der Waals surface area (Å²) in [5, 5.41) is 7.00. The van der Waals surface area contributed by atoms with Gasteiger partial charge in [-0.1, -0.05) is 0 Å². The van der Waals surface area contributed by atoms with Gasteiger partial charge in [-0.15, -0.1) is 25.3 Å². The fourth-order valence-electron chi connectivity index (χ4n) is 0.686. The molecule has 0 spiro atoms. The lowest BCUT2D eigenvalue weighted by Gasteiger charge is -1.94. The minimum atomic E-state index is 0.609. The first-order chi connectivity index (χ1) is 5.72. The lowest BCUT2D eigenvalue weighted by Crippen LogP contribution is -1.79. The summed E-state index contributed by atoms with van der Waals surface area (Å²) < 4.78 is 0. The number of thiol groups is 2. The zero-order chi connectivity index (χ0) is 9.56. The second-order valence-electron chi connectivity index (χ2n) is 1.90. The molecule has 0 amide bonds. The van der Waals surface area contributed by atoms with E-state index in [0.29, 0.717) is 5.56 Å². The van der Waals surface area contributed by atoms with E-state index in [4.69, 9.17) is 5.11 Å². The lowest BCUT2D eigenvalue weighted by molar-refractivity contribution is 0.112. The molecular formula is C8H10O2S2. The molecule has 0 atom stereocenters. The van der Waals surface area contributed by atoms with Gasteiger partial charge in [0.25, 0.3) is 0 Å². The maximum atomic E-state index is 10.2. The van der Waals surface area contributed by atoms with Crippen molar-refractivity contribution in [2.75, 3.05) is 7.11 Å². The molecule has 1 rings (SSSR count). The van der Waals surface area contributed by atoms with Crippen LogP contribution in [0.2, 0.25) is 0 Å². The van der Waals surface area contributed by atoms with Gasteiger partial charge in [0.15, 0.2) is 0 Å². The maximum absolute atomic E-state index is 10.2. The summed E-state index contributed by atoms with van der Waals surface area (Å²) >= 11 is 8.14. The van der Waals surface area contributed by atoms with Crippen LogP contribution in [0.1, 0.15) is 10.4 Å². The van der Waals surface area contributed by atoms with Gasteiger partial charge in [0.05, 0.1) is 0 Å². The second-order valence-corrected chi connectivity index (χ2v) is 2.93. The van der Waals surface area contributed by atoms with E-state index < -0.39 is 0 Å². The first kappa shape index (κ1) is 11.6. The molecule has 12 heavy (non-hydrogen) atoms. The molecule has 0 heterocycles. The molecule has 1 N–H and O–H groups in total. The van der Waals surface area contributed by atoms with Crippen molar-refractivity contribution in [2.45, 2.75) is 9.79 Å². The van der Waals surface area contributed by atoms with Crippen molar-refractivity contribution >= 4 is 31.5 Å². The first-order valence-electron chi connectivity index (χ1n) is 3.15. The third kappa shape index (κ3) is 3.80. The Labute approximate surface area is 82.4 Å². The summed E-state index contributed by atoms with van der Waals surface area (Å²) in [6, 6.07) is 5.16. The van der Waals surface area contributed by atoms with Crippen LogP contribution < -0.4 is 0 Å². The van der Waals surface area contributed by atoms with Gasteiger partial charge in [0.1, 0.15) is 6.29 Å². The van der Waals surface area contributed by atoms with Crippen molar-refractivity contribution in [3.63, 3.8) is 0 Å². The van der Waals surface area contributed by atoms with E-state index in [-0.39, 0.29) is 0 Å². The van der Waals surface area contributed by atoms with Gasteiger partial charge in [-0.3, -0.25) is 4.79 Å². The normalized spacial score (nSPS) is 8.33. The predicted molar refractivity (Wildman–Crippen MR) is 54.5 cm³/mol. The van der Waals surface area contributed by atoms with Crippen molar-refractivity contribution in [3.05, 3.63) is 23.8 Å². The average molecular weight is 202 g/mol. The topological polar surface area (TPSA) is 37.3 Å². The monoisotopic (exact) mass is 202 g/mol. The molecule has 66 valence electrons. The zero-order valence-corrected chi connectivity index (χ0v) is 8.35. The number of aldehydes is 1. The average Bonchev–Trinajstić information content (AvgIpc) is 2.06. The third-order valence-corrected chi connectivity index (χ3v) is 1.58. The number of benzene rings is 1. The summed E-state index contributed by atoms with van der Waals surface area (Å²) in [5.41, 5.74) is 0.609. The van der Waals surface area contributed by atoms with Crippen molar-refractivity contribution < 1.29 is 9.90 Å². The molecule has 0 aliphatic carbocycles. The molecular weight excluding hydrogens is 192 g/mol. The minimum absolute atomic E-state index is 0.609. The molecule has 1 aromatic carbocycles. The van der Waals surface area contributed by atoms with E-state index in [1.54, 1.807) is 18.2 Å².